The number of fused-ring (bicyclic) bond motifs is 1. The molecule has 0 aliphatic rings. The van der Waals surface area contributed by atoms with Gasteiger partial charge in [0, 0.05) is 12.1 Å². The van der Waals surface area contributed by atoms with E-state index >= 15 is 0 Å². The first-order chi connectivity index (χ1) is 11.7. The summed E-state index contributed by atoms with van der Waals surface area (Å²) < 4.78 is 2.23. The zero-order chi connectivity index (χ0) is 16.9. The van der Waals surface area contributed by atoms with Gasteiger partial charge in [0.05, 0.1) is 17.6 Å². The number of imidazole rings is 1. The normalized spacial score (nSPS) is 12.2. The lowest BCUT2D eigenvalue weighted by Gasteiger charge is -2.14. The SMILES string of the molecule is CCC(C)Cn1c(CNC(=O)c2ccccc2)nc2ccccc21. The maximum Gasteiger partial charge on any atom is 0.251 e. The highest BCUT2D eigenvalue weighted by Gasteiger charge is 2.13. The van der Waals surface area contributed by atoms with E-state index in [1.807, 2.05) is 48.5 Å². The maximum absolute atomic E-state index is 12.3. The van der Waals surface area contributed by atoms with E-state index in [0.717, 1.165) is 29.8 Å². The van der Waals surface area contributed by atoms with Crippen LogP contribution in [0.5, 0.6) is 0 Å². The molecular weight excluding hydrogens is 298 g/mol. The van der Waals surface area contributed by atoms with Crippen molar-refractivity contribution in [2.45, 2.75) is 33.4 Å². The lowest BCUT2D eigenvalue weighted by atomic mass is 10.1. The second-order valence-electron chi connectivity index (χ2n) is 6.19. The number of nitrogens with one attached hydrogen (secondary N) is 1. The number of nitrogens with zero attached hydrogens (tertiary/aromatic N) is 2. The van der Waals surface area contributed by atoms with Crippen LogP contribution in [0.15, 0.2) is 54.6 Å². The van der Waals surface area contributed by atoms with Crippen LogP contribution in [0.2, 0.25) is 0 Å². The molecule has 4 nitrogen and oxygen atoms in total. The molecule has 2 aromatic carbocycles. The Morgan fingerprint density at radius 3 is 2.58 bits per heavy atom. The lowest BCUT2D eigenvalue weighted by Crippen LogP contribution is -2.25. The van der Waals surface area contributed by atoms with Crippen molar-refractivity contribution >= 4 is 16.9 Å². The van der Waals surface area contributed by atoms with Gasteiger partial charge in [-0.1, -0.05) is 50.6 Å². The number of aromatic nitrogens is 2. The molecule has 3 aromatic rings. The zero-order valence-electron chi connectivity index (χ0n) is 14.2. The van der Waals surface area contributed by atoms with E-state index in [1.54, 1.807) is 0 Å². The molecule has 0 spiro atoms. The Hall–Kier alpha value is -2.62. The van der Waals surface area contributed by atoms with Crippen molar-refractivity contribution in [3.05, 3.63) is 66.0 Å². The molecule has 0 radical (unpaired) electrons. The first kappa shape index (κ1) is 16.2. The van der Waals surface area contributed by atoms with E-state index < -0.39 is 0 Å². The fourth-order valence-electron chi connectivity index (χ4n) is 2.76. The number of benzene rings is 2. The Bertz CT molecular complexity index is 823. The predicted molar refractivity (Wildman–Crippen MR) is 96.8 cm³/mol. The van der Waals surface area contributed by atoms with Crippen LogP contribution in [0.3, 0.4) is 0 Å². The highest BCUT2D eigenvalue weighted by molar-refractivity contribution is 5.94. The Balaban J connectivity index is 1.83. The Morgan fingerprint density at radius 2 is 1.83 bits per heavy atom. The van der Waals surface area contributed by atoms with Gasteiger partial charge in [-0.05, 0) is 30.2 Å². The number of carbonyl (C=O) groups is 1. The van der Waals surface area contributed by atoms with Crippen molar-refractivity contribution in [2.75, 3.05) is 0 Å². The van der Waals surface area contributed by atoms with Crippen LogP contribution in [0.4, 0.5) is 0 Å². The standard InChI is InChI=1S/C20H23N3O/c1-3-15(2)14-23-18-12-8-7-11-17(18)22-19(23)13-21-20(24)16-9-5-4-6-10-16/h4-12,15H,3,13-14H2,1-2H3,(H,21,24). The molecule has 0 aliphatic carbocycles. The molecule has 1 heterocycles. The molecule has 1 unspecified atom stereocenters. The molecule has 1 atom stereocenters. The van der Waals surface area contributed by atoms with Crippen molar-refractivity contribution in [3.8, 4) is 0 Å². The van der Waals surface area contributed by atoms with Crippen LogP contribution < -0.4 is 5.32 Å². The van der Waals surface area contributed by atoms with Crippen LogP contribution in [0, 0.1) is 5.92 Å². The van der Waals surface area contributed by atoms with Gasteiger partial charge in [0.2, 0.25) is 0 Å². The molecule has 4 heteroatoms. The predicted octanol–water partition coefficient (Wildman–Crippen LogP) is 4.01. The summed E-state index contributed by atoms with van der Waals surface area (Å²) in [4.78, 5) is 17.0. The molecule has 1 aromatic heterocycles. The first-order valence-electron chi connectivity index (χ1n) is 8.46. The summed E-state index contributed by atoms with van der Waals surface area (Å²) >= 11 is 0. The highest BCUT2D eigenvalue weighted by Crippen LogP contribution is 2.19. The summed E-state index contributed by atoms with van der Waals surface area (Å²) in [5.74, 6) is 1.39. The third-order valence-corrected chi connectivity index (χ3v) is 4.37. The summed E-state index contributed by atoms with van der Waals surface area (Å²) in [5, 5.41) is 2.99. The lowest BCUT2D eigenvalue weighted by molar-refractivity contribution is 0.0949. The molecule has 0 saturated carbocycles. The van der Waals surface area contributed by atoms with Gasteiger partial charge < -0.3 is 9.88 Å². The number of para-hydroxylation sites is 2. The molecule has 0 fully saturated rings. The quantitative estimate of drug-likeness (QED) is 0.745. The minimum atomic E-state index is -0.0715. The molecule has 3 rings (SSSR count). The fraction of sp³-hybridized carbons (Fsp3) is 0.300. The Morgan fingerprint density at radius 1 is 1.12 bits per heavy atom. The Kier molecular flexibility index (Phi) is 4.94. The Labute approximate surface area is 142 Å². The summed E-state index contributed by atoms with van der Waals surface area (Å²) in [6.07, 6.45) is 1.11. The topological polar surface area (TPSA) is 46.9 Å². The van der Waals surface area contributed by atoms with E-state index in [4.69, 9.17) is 4.98 Å². The number of amides is 1. The summed E-state index contributed by atoms with van der Waals surface area (Å²) in [7, 11) is 0. The van der Waals surface area contributed by atoms with Gasteiger partial charge in [0.25, 0.3) is 5.91 Å². The molecule has 24 heavy (non-hydrogen) atoms. The van der Waals surface area contributed by atoms with Crippen molar-refractivity contribution in [1.29, 1.82) is 0 Å². The third-order valence-electron chi connectivity index (χ3n) is 4.37. The van der Waals surface area contributed by atoms with Crippen molar-refractivity contribution in [1.82, 2.24) is 14.9 Å². The summed E-state index contributed by atoms with van der Waals surface area (Å²) in [6, 6.07) is 17.4. The van der Waals surface area contributed by atoms with Crippen molar-refractivity contribution in [3.63, 3.8) is 0 Å². The van der Waals surface area contributed by atoms with Crippen molar-refractivity contribution in [2.24, 2.45) is 5.92 Å². The summed E-state index contributed by atoms with van der Waals surface area (Å²) in [6.45, 7) is 5.77. The average molecular weight is 321 g/mol. The average Bonchev–Trinajstić information content (AvgIpc) is 2.98. The van der Waals surface area contributed by atoms with E-state index in [0.29, 0.717) is 18.0 Å². The van der Waals surface area contributed by atoms with E-state index in [9.17, 15) is 4.79 Å². The molecule has 0 bridgehead atoms. The number of hydrogen-bond donors (Lipinski definition) is 1. The van der Waals surface area contributed by atoms with Crippen LogP contribution >= 0.6 is 0 Å². The zero-order valence-corrected chi connectivity index (χ0v) is 14.2. The van der Waals surface area contributed by atoms with Gasteiger partial charge in [-0.3, -0.25) is 4.79 Å². The van der Waals surface area contributed by atoms with Crippen LogP contribution in [0.1, 0.15) is 36.5 Å². The van der Waals surface area contributed by atoms with Crippen LogP contribution in [-0.2, 0) is 13.1 Å². The highest BCUT2D eigenvalue weighted by atomic mass is 16.1. The van der Waals surface area contributed by atoms with Crippen LogP contribution in [-0.4, -0.2) is 15.5 Å². The monoisotopic (exact) mass is 321 g/mol. The van der Waals surface area contributed by atoms with Gasteiger partial charge in [0.15, 0.2) is 0 Å². The molecule has 1 amide bonds. The fourth-order valence-corrected chi connectivity index (χ4v) is 2.76. The minimum absolute atomic E-state index is 0.0715. The molecule has 124 valence electrons. The van der Waals surface area contributed by atoms with E-state index in [1.165, 1.54) is 0 Å². The van der Waals surface area contributed by atoms with Gasteiger partial charge in [-0.2, -0.15) is 0 Å². The van der Waals surface area contributed by atoms with E-state index in [-0.39, 0.29) is 5.91 Å². The number of hydrogen-bond acceptors (Lipinski definition) is 2. The maximum atomic E-state index is 12.3. The largest absolute Gasteiger partial charge is 0.345 e. The van der Waals surface area contributed by atoms with Gasteiger partial charge >= 0.3 is 0 Å². The summed E-state index contributed by atoms with van der Waals surface area (Å²) in [5.41, 5.74) is 2.77. The number of carbonyl (C=O) groups excluding carboxylic acids is 1. The van der Waals surface area contributed by atoms with Gasteiger partial charge in [0.1, 0.15) is 5.82 Å². The molecule has 0 aliphatic heterocycles. The minimum Gasteiger partial charge on any atom is -0.345 e. The smallest absolute Gasteiger partial charge is 0.251 e. The number of rotatable bonds is 6. The second-order valence-corrected chi connectivity index (χ2v) is 6.19. The van der Waals surface area contributed by atoms with E-state index in [2.05, 4.69) is 29.8 Å². The molecule has 0 saturated heterocycles. The van der Waals surface area contributed by atoms with Crippen molar-refractivity contribution < 1.29 is 4.79 Å². The molecule has 1 N–H and O–H groups in total. The molecular formula is C20H23N3O. The van der Waals surface area contributed by atoms with Gasteiger partial charge in [-0.25, -0.2) is 4.98 Å². The second kappa shape index (κ2) is 7.30. The van der Waals surface area contributed by atoms with Gasteiger partial charge in [-0.15, -0.1) is 0 Å². The first-order valence-corrected chi connectivity index (χ1v) is 8.46. The van der Waals surface area contributed by atoms with Crippen LogP contribution in [0.25, 0.3) is 11.0 Å². The third kappa shape index (κ3) is 3.48.